The van der Waals surface area contributed by atoms with E-state index in [2.05, 4.69) is 9.71 Å². The molecule has 0 radical (unpaired) electrons. The van der Waals surface area contributed by atoms with Crippen molar-refractivity contribution >= 4 is 31.8 Å². The number of ether oxygens (including phenoxy) is 1. The standard InChI is InChI=1S/C28H29FN4O6S2/c1-28(2,3)39-27(34)32(4)18-20-15-26(24-12-5-6-13-25(24)29)33(19-20)41(37,38)22-10-7-9-21(16-22)31-40(35,36)23-11-8-14-30-17-23/h5-17,19,31H,18H2,1-4H3. The summed E-state index contributed by atoms with van der Waals surface area (Å²) in [6.45, 7) is 5.15. The molecule has 2 aromatic heterocycles. The third-order valence-electron chi connectivity index (χ3n) is 5.71. The number of benzene rings is 2. The second-order valence-corrected chi connectivity index (χ2v) is 13.7. The minimum absolute atomic E-state index is 0.000548. The molecule has 4 aromatic rings. The number of pyridine rings is 1. The second-order valence-electron chi connectivity index (χ2n) is 10.2. The minimum atomic E-state index is -4.37. The number of anilines is 1. The number of aromatic nitrogens is 2. The molecule has 13 heteroatoms. The molecule has 1 amide bonds. The molecule has 0 saturated carbocycles. The van der Waals surface area contributed by atoms with Gasteiger partial charge in [0.1, 0.15) is 16.3 Å². The first-order valence-electron chi connectivity index (χ1n) is 12.4. The molecule has 216 valence electrons. The van der Waals surface area contributed by atoms with Gasteiger partial charge in [0.25, 0.3) is 20.0 Å². The van der Waals surface area contributed by atoms with E-state index in [9.17, 15) is 26.0 Å². The Morgan fingerprint density at radius 1 is 1.00 bits per heavy atom. The molecule has 1 N–H and O–H groups in total. The van der Waals surface area contributed by atoms with Crippen LogP contribution in [0.3, 0.4) is 0 Å². The average molecular weight is 601 g/mol. The Labute approximate surface area is 238 Å². The molecular formula is C28H29FN4O6S2. The molecule has 0 spiro atoms. The summed E-state index contributed by atoms with van der Waals surface area (Å²) in [5.74, 6) is -0.646. The van der Waals surface area contributed by atoms with E-state index in [4.69, 9.17) is 4.74 Å². The van der Waals surface area contributed by atoms with Crippen LogP contribution in [0.2, 0.25) is 0 Å². The molecule has 0 unspecified atom stereocenters. The maximum Gasteiger partial charge on any atom is 0.410 e. The molecule has 0 aliphatic rings. The van der Waals surface area contributed by atoms with Gasteiger partial charge in [0, 0.05) is 31.2 Å². The summed E-state index contributed by atoms with van der Waals surface area (Å²) in [4.78, 5) is 17.2. The van der Waals surface area contributed by atoms with E-state index < -0.39 is 37.6 Å². The Balaban J connectivity index is 1.74. The van der Waals surface area contributed by atoms with Crippen molar-refractivity contribution in [1.82, 2.24) is 13.9 Å². The Morgan fingerprint density at radius 3 is 2.37 bits per heavy atom. The van der Waals surface area contributed by atoms with Crippen LogP contribution in [0.25, 0.3) is 11.3 Å². The van der Waals surface area contributed by atoms with E-state index >= 15 is 0 Å². The van der Waals surface area contributed by atoms with Gasteiger partial charge in [-0.15, -0.1) is 0 Å². The normalized spacial score (nSPS) is 12.1. The second kappa shape index (κ2) is 11.3. The summed E-state index contributed by atoms with van der Waals surface area (Å²) in [6, 6.07) is 15.3. The lowest BCUT2D eigenvalue weighted by Crippen LogP contribution is -2.33. The zero-order chi connectivity index (χ0) is 30.0. The topological polar surface area (TPSA) is 128 Å². The first-order chi connectivity index (χ1) is 19.2. The number of carbonyl (C=O) groups is 1. The zero-order valence-corrected chi connectivity index (χ0v) is 24.4. The van der Waals surface area contributed by atoms with Gasteiger partial charge in [-0.3, -0.25) is 9.71 Å². The summed E-state index contributed by atoms with van der Waals surface area (Å²) in [5, 5.41) is 0. The highest BCUT2D eigenvalue weighted by Gasteiger charge is 2.26. The largest absolute Gasteiger partial charge is 0.444 e. The van der Waals surface area contributed by atoms with Gasteiger partial charge >= 0.3 is 6.09 Å². The summed E-state index contributed by atoms with van der Waals surface area (Å²) in [7, 11) is -6.91. The maximum absolute atomic E-state index is 14.9. The van der Waals surface area contributed by atoms with Gasteiger partial charge in [0.2, 0.25) is 0 Å². The molecule has 0 atom stereocenters. The van der Waals surface area contributed by atoms with Gasteiger partial charge in [-0.05, 0) is 74.9 Å². The van der Waals surface area contributed by atoms with Crippen LogP contribution in [0.5, 0.6) is 0 Å². The lowest BCUT2D eigenvalue weighted by Gasteiger charge is -2.24. The molecule has 2 heterocycles. The molecule has 2 aromatic carbocycles. The molecule has 0 saturated heterocycles. The molecule has 0 aliphatic heterocycles. The molecule has 41 heavy (non-hydrogen) atoms. The van der Waals surface area contributed by atoms with Crippen LogP contribution in [0.1, 0.15) is 26.3 Å². The molecule has 0 aliphatic carbocycles. The SMILES string of the molecule is CN(Cc1cc(-c2ccccc2F)n(S(=O)(=O)c2cccc(NS(=O)(=O)c3cccnc3)c2)c1)C(=O)OC(C)(C)C. The smallest absolute Gasteiger partial charge is 0.410 e. The molecule has 0 bridgehead atoms. The summed E-state index contributed by atoms with van der Waals surface area (Å²) in [6.07, 6.45) is 3.27. The highest BCUT2D eigenvalue weighted by atomic mass is 32.2. The van der Waals surface area contributed by atoms with Crippen LogP contribution in [0.4, 0.5) is 14.9 Å². The molecule has 10 nitrogen and oxygen atoms in total. The van der Waals surface area contributed by atoms with Crippen molar-refractivity contribution in [2.75, 3.05) is 11.8 Å². The predicted molar refractivity (Wildman–Crippen MR) is 152 cm³/mol. The van der Waals surface area contributed by atoms with Gasteiger partial charge in [0.05, 0.1) is 22.8 Å². The van der Waals surface area contributed by atoms with E-state index in [-0.39, 0.29) is 33.3 Å². The third kappa shape index (κ3) is 6.92. The number of hydrogen-bond acceptors (Lipinski definition) is 7. The van der Waals surface area contributed by atoms with Crippen molar-refractivity contribution in [2.45, 2.75) is 42.7 Å². The van der Waals surface area contributed by atoms with Crippen LogP contribution < -0.4 is 4.72 Å². The zero-order valence-electron chi connectivity index (χ0n) is 22.8. The maximum atomic E-state index is 14.9. The first-order valence-corrected chi connectivity index (χ1v) is 15.3. The van der Waals surface area contributed by atoms with Crippen molar-refractivity contribution in [2.24, 2.45) is 0 Å². The van der Waals surface area contributed by atoms with Crippen molar-refractivity contribution in [3.63, 3.8) is 0 Å². The lowest BCUT2D eigenvalue weighted by atomic mass is 10.1. The Kier molecular flexibility index (Phi) is 8.22. The number of carbonyl (C=O) groups excluding carboxylic acids is 1. The fourth-order valence-corrected chi connectivity index (χ4v) is 6.33. The van der Waals surface area contributed by atoms with Crippen molar-refractivity contribution in [3.05, 3.63) is 96.7 Å². The van der Waals surface area contributed by atoms with Gasteiger partial charge in [0.15, 0.2) is 0 Å². The van der Waals surface area contributed by atoms with Gasteiger partial charge in [-0.25, -0.2) is 30.0 Å². The number of sulfonamides is 1. The fraction of sp³-hybridized carbons (Fsp3) is 0.214. The number of nitrogens with one attached hydrogen (secondary N) is 1. The molecule has 4 rings (SSSR count). The summed E-state index contributed by atoms with van der Waals surface area (Å²) < 4.78 is 76.8. The van der Waals surface area contributed by atoms with E-state index in [1.54, 1.807) is 26.8 Å². The Hall–Kier alpha value is -4.23. The fourth-order valence-electron chi connectivity index (χ4n) is 3.88. The first kappa shape index (κ1) is 29.7. The number of rotatable bonds is 8. The minimum Gasteiger partial charge on any atom is -0.444 e. The van der Waals surface area contributed by atoms with Crippen LogP contribution >= 0.6 is 0 Å². The van der Waals surface area contributed by atoms with Crippen LogP contribution in [0.15, 0.2) is 95.1 Å². The summed E-state index contributed by atoms with van der Waals surface area (Å²) in [5.41, 5.74) is -0.289. The number of amides is 1. The predicted octanol–water partition coefficient (Wildman–Crippen LogP) is 5.09. The van der Waals surface area contributed by atoms with E-state index in [1.165, 1.54) is 91.2 Å². The average Bonchev–Trinajstić information content (AvgIpc) is 3.32. The summed E-state index contributed by atoms with van der Waals surface area (Å²) >= 11 is 0. The highest BCUT2D eigenvalue weighted by Crippen LogP contribution is 2.30. The Morgan fingerprint density at radius 2 is 1.71 bits per heavy atom. The van der Waals surface area contributed by atoms with Crippen LogP contribution in [-0.4, -0.2) is 49.4 Å². The van der Waals surface area contributed by atoms with E-state index in [0.29, 0.717) is 5.56 Å². The van der Waals surface area contributed by atoms with Crippen molar-refractivity contribution in [1.29, 1.82) is 0 Å². The number of hydrogen-bond donors (Lipinski definition) is 1. The lowest BCUT2D eigenvalue weighted by molar-refractivity contribution is 0.0285. The van der Waals surface area contributed by atoms with E-state index in [1.807, 2.05) is 0 Å². The third-order valence-corrected chi connectivity index (χ3v) is 8.74. The van der Waals surface area contributed by atoms with Crippen molar-refractivity contribution < 1.29 is 30.8 Å². The van der Waals surface area contributed by atoms with Crippen molar-refractivity contribution in [3.8, 4) is 11.3 Å². The monoisotopic (exact) mass is 600 g/mol. The van der Waals surface area contributed by atoms with Gasteiger partial charge in [-0.1, -0.05) is 18.2 Å². The Bertz CT molecular complexity index is 1780. The molecule has 0 fully saturated rings. The van der Waals surface area contributed by atoms with Crippen LogP contribution in [0, 0.1) is 5.82 Å². The van der Waals surface area contributed by atoms with Gasteiger partial charge in [-0.2, -0.15) is 0 Å². The molecular weight excluding hydrogens is 571 g/mol. The van der Waals surface area contributed by atoms with E-state index in [0.717, 1.165) is 3.97 Å². The number of halogens is 1. The highest BCUT2D eigenvalue weighted by molar-refractivity contribution is 7.92. The van der Waals surface area contributed by atoms with Gasteiger partial charge < -0.3 is 9.64 Å². The van der Waals surface area contributed by atoms with Crippen LogP contribution in [-0.2, 0) is 31.3 Å². The number of nitrogens with zero attached hydrogens (tertiary/aromatic N) is 3. The quantitative estimate of drug-likeness (QED) is 0.298.